The number of alkyl carbamates (subject to hydrolysis) is 1. The van der Waals surface area contributed by atoms with Crippen LogP contribution in [0.3, 0.4) is 0 Å². The van der Waals surface area contributed by atoms with E-state index in [-0.39, 0.29) is 6.61 Å². The van der Waals surface area contributed by atoms with Gasteiger partial charge in [-0.25, -0.2) is 9.78 Å². The van der Waals surface area contributed by atoms with Crippen molar-refractivity contribution in [3.8, 4) is 5.88 Å². The second-order valence-corrected chi connectivity index (χ2v) is 4.81. The minimum atomic E-state index is -0.409. The van der Waals surface area contributed by atoms with Crippen LogP contribution in [0.2, 0.25) is 0 Å². The first-order valence-corrected chi connectivity index (χ1v) is 7.39. The molecule has 0 fully saturated rings. The van der Waals surface area contributed by atoms with Crippen molar-refractivity contribution in [1.29, 1.82) is 0 Å². The third-order valence-electron chi connectivity index (χ3n) is 3.07. The molecule has 0 spiro atoms. The summed E-state index contributed by atoms with van der Waals surface area (Å²) in [5.41, 5.74) is 1.97. The molecule has 0 radical (unpaired) electrons. The SMILES string of the molecule is COc1cc(C=CCCNC(=O)OCc2ccccc2)ccn1. The molecule has 0 unspecified atom stereocenters. The van der Waals surface area contributed by atoms with Crippen molar-refractivity contribution >= 4 is 12.2 Å². The molecule has 1 heterocycles. The Morgan fingerprint density at radius 3 is 2.87 bits per heavy atom. The van der Waals surface area contributed by atoms with Crippen molar-refractivity contribution in [3.63, 3.8) is 0 Å². The summed E-state index contributed by atoms with van der Waals surface area (Å²) in [6.07, 6.45) is 5.93. The summed E-state index contributed by atoms with van der Waals surface area (Å²) in [7, 11) is 1.58. The third kappa shape index (κ3) is 6.22. The van der Waals surface area contributed by atoms with E-state index in [0.29, 0.717) is 18.8 Å². The van der Waals surface area contributed by atoms with Gasteiger partial charge in [-0.15, -0.1) is 0 Å². The van der Waals surface area contributed by atoms with E-state index in [1.165, 1.54) is 0 Å². The number of carbonyl (C=O) groups excluding carboxylic acids is 1. The Morgan fingerprint density at radius 2 is 2.09 bits per heavy atom. The zero-order valence-electron chi connectivity index (χ0n) is 13.1. The van der Waals surface area contributed by atoms with Gasteiger partial charge in [-0.2, -0.15) is 0 Å². The molecule has 0 atom stereocenters. The largest absolute Gasteiger partial charge is 0.481 e. The normalized spacial score (nSPS) is 10.5. The first-order valence-electron chi connectivity index (χ1n) is 7.39. The Bertz CT molecular complexity index is 642. The van der Waals surface area contributed by atoms with Crippen LogP contribution in [0, 0.1) is 0 Å². The standard InChI is InChI=1S/C18H20N2O3/c1-22-17-13-15(10-12-19-17)7-5-6-11-20-18(21)23-14-16-8-3-2-4-9-16/h2-5,7-10,12-13H,6,11,14H2,1H3,(H,20,21). The number of nitrogens with one attached hydrogen (secondary N) is 1. The molecule has 0 saturated carbocycles. The number of hydrogen-bond donors (Lipinski definition) is 1. The summed E-state index contributed by atoms with van der Waals surface area (Å²) < 4.78 is 10.2. The van der Waals surface area contributed by atoms with Gasteiger partial charge in [0.2, 0.25) is 5.88 Å². The summed E-state index contributed by atoms with van der Waals surface area (Å²) in [5.74, 6) is 0.578. The minimum absolute atomic E-state index is 0.277. The molecule has 5 heteroatoms. The second-order valence-electron chi connectivity index (χ2n) is 4.81. The van der Waals surface area contributed by atoms with E-state index in [2.05, 4.69) is 10.3 Å². The number of ether oxygens (including phenoxy) is 2. The molecule has 1 aromatic carbocycles. The molecule has 23 heavy (non-hydrogen) atoms. The van der Waals surface area contributed by atoms with Crippen molar-refractivity contribution in [2.75, 3.05) is 13.7 Å². The van der Waals surface area contributed by atoms with E-state index in [9.17, 15) is 4.79 Å². The highest BCUT2D eigenvalue weighted by atomic mass is 16.5. The predicted octanol–water partition coefficient (Wildman–Crippen LogP) is 3.42. The lowest BCUT2D eigenvalue weighted by Crippen LogP contribution is -2.24. The third-order valence-corrected chi connectivity index (χ3v) is 3.07. The molecular formula is C18H20N2O3. The monoisotopic (exact) mass is 312 g/mol. The fourth-order valence-electron chi connectivity index (χ4n) is 1.89. The van der Waals surface area contributed by atoms with Crippen molar-refractivity contribution in [3.05, 3.63) is 65.9 Å². The molecule has 0 bridgehead atoms. The van der Waals surface area contributed by atoms with E-state index in [1.807, 2.05) is 54.6 Å². The van der Waals surface area contributed by atoms with Crippen LogP contribution in [0.5, 0.6) is 5.88 Å². The van der Waals surface area contributed by atoms with E-state index < -0.39 is 6.09 Å². The molecule has 0 aliphatic rings. The number of aromatic nitrogens is 1. The molecule has 0 saturated heterocycles. The molecule has 0 aliphatic heterocycles. The van der Waals surface area contributed by atoms with Crippen molar-refractivity contribution in [2.24, 2.45) is 0 Å². The molecule has 1 N–H and O–H groups in total. The number of carbonyl (C=O) groups is 1. The van der Waals surface area contributed by atoms with Gasteiger partial charge in [-0.1, -0.05) is 42.5 Å². The predicted molar refractivity (Wildman–Crippen MR) is 89.1 cm³/mol. The molecule has 5 nitrogen and oxygen atoms in total. The van der Waals surface area contributed by atoms with Gasteiger partial charge in [-0.3, -0.25) is 0 Å². The number of methoxy groups -OCH3 is 1. The average molecular weight is 312 g/mol. The number of amides is 1. The Labute approximate surface area is 136 Å². The van der Waals surface area contributed by atoms with Gasteiger partial charge in [0, 0.05) is 18.8 Å². The summed E-state index contributed by atoms with van der Waals surface area (Å²) >= 11 is 0. The highest BCUT2D eigenvalue weighted by Gasteiger charge is 2.00. The maximum atomic E-state index is 11.6. The van der Waals surface area contributed by atoms with E-state index in [4.69, 9.17) is 9.47 Å². The van der Waals surface area contributed by atoms with Crippen LogP contribution in [0.15, 0.2) is 54.7 Å². The summed E-state index contributed by atoms with van der Waals surface area (Å²) in [4.78, 5) is 15.6. The van der Waals surface area contributed by atoms with Gasteiger partial charge in [0.1, 0.15) is 6.61 Å². The van der Waals surface area contributed by atoms with Gasteiger partial charge in [0.25, 0.3) is 0 Å². The van der Waals surface area contributed by atoms with E-state index in [1.54, 1.807) is 13.3 Å². The average Bonchev–Trinajstić information content (AvgIpc) is 2.61. The van der Waals surface area contributed by atoms with Gasteiger partial charge < -0.3 is 14.8 Å². The lowest BCUT2D eigenvalue weighted by Gasteiger charge is -2.05. The zero-order valence-corrected chi connectivity index (χ0v) is 13.1. The smallest absolute Gasteiger partial charge is 0.407 e. The fourth-order valence-corrected chi connectivity index (χ4v) is 1.89. The lowest BCUT2D eigenvalue weighted by molar-refractivity contribution is 0.140. The molecule has 1 amide bonds. The Hall–Kier alpha value is -2.82. The minimum Gasteiger partial charge on any atom is -0.481 e. The van der Waals surface area contributed by atoms with Crippen molar-refractivity contribution in [2.45, 2.75) is 13.0 Å². The number of hydrogen-bond acceptors (Lipinski definition) is 4. The van der Waals surface area contributed by atoms with Crippen LogP contribution in [0.4, 0.5) is 4.79 Å². The summed E-state index contributed by atoms with van der Waals surface area (Å²) in [6, 6.07) is 13.3. The first kappa shape index (κ1) is 16.5. The molecule has 2 rings (SSSR count). The molecule has 120 valence electrons. The van der Waals surface area contributed by atoms with Crippen LogP contribution >= 0.6 is 0 Å². The Kier molecular flexibility index (Phi) is 6.65. The van der Waals surface area contributed by atoms with Crippen LogP contribution in [0.25, 0.3) is 6.08 Å². The molecule has 0 aliphatic carbocycles. The number of benzene rings is 1. The summed E-state index contributed by atoms with van der Waals surface area (Å²) in [5, 5.41) is 2.71. The van der Waals surface area contributed by atoms with Crippen LogP contribution < -0.4 is 10.1 Å². The second kappa shape index (κ2) is 9.25. The zero-order chi connectivity index (χ0) is 16.3. The van der Waals surface area contributed by atoms with Gasteiger partial charge in [-0.05, 0) is 23.6 Å². The van der Waals surface area contributed by atoms with Crippen molar-refractivity contribution in [1.82, 2.24) is 10.3 Å². The van der Waals surface area contributed by atoms with Gasteiger partial charge in [0.05, 0.1) is 7.11 Å². The fraction of sp³-hybridized carbons (Fsp3) is 0.222. The van der Waals surface area contributed by atoms with Crippen LogP contribution in [-0.4, -0.2) is 24.7 Å². The first-order chi connectivity index (χ1) is 11.3. The summed E-state index contributed by atoms with van der Waals surface area (Å²) in [6.45, 7) is 0.797. The van der Waals surface area contributed by atoms with Crippen LogP contribution in [0.1, 0.15) is 17.5 Å². The number of pyridine rings is 1. The lowest BCUT2D eigenvalue weighted by atomic mass is 10.2. The Morgan fingerprint density at radius 1 is 1.26 bits per heavy atom. The highest BCUT2D eigenvalue weighted by molar-refractivity contribution is 5.67. The molecule has 1 aromatic heterocycles. The maximum Gasteiger partial charge on any atom is 0.407 e. The molecule has 2 aromatic rings. The van der Waals surface area contributed by atoms with E-state index >= 15 is 0 Å². The van der Waals surface area contributed by atoms with Crippen molar-refractivity contribution < 1.29 is 14.3 Å². The quantitative estimate of drug-likeness (QED) is 0.796. The molecular weight excluding hydrogens is 292 g/mol. The number of rotatable bonds is 7. The number of nitrogens with zero attached hydrogens (tertiary/aromatic N) is 1. The highest BCUT2D eigenvalue weighted by Crippen LogP contribution is 2.10. The van der Waals surface area contributed by atoms with Gasteiger partial charge in [0.15, 0.2) is 0 Å². The topological polar surface area (TPSA) is 60.5 Å². The van der Waals surface area contributed by atoms with E-state index in [0.717, 1.165) is 11.1 Å². The Balaban J connectivity index is 1.64. The van der Waals surface area contributed by atoms with Gasteiger partial charge >= 0.3 is 6.09 Å². The maximum absolute atomic E-state index is 11.6. The van der Waals surface area contributed by atoms with Crippen LogP contribution in [-0.2, 0) is 11.3 Å².